The second-order valence-corrected chi connectivity index (χ2v) is 17.6. The van der Waals surface area contributed by atoms with Crippen molar-refractivity contribution < 1.29 is 33.4 Å². The van der Waals surface area contributed by atoms with Gasteiger partial charge in [-0.25, -0.2) is 19.6 Å². The monoisotopic (exact) mass is 856 g/mol. The lowest BCUT2D eigenvalue weighted by Gasteiger charge is -2.35. The van der Waals surface area contributed by atoms with Crippen LogP contribution in [-0.2, 0) is 38.5 Å². The summed E-state index contributed by atoms with van der Waals surface area (Å²) < 4.78 is 16.2. The number of ether oxygens (including phenoxy) is 3. The van der Waals surface area contributed by atoms with Gasteiger partial charge in [0.05, 0.1) is 43.9 Å². The number of fused-ring (bicyclic) bond motifs is 6. The number of methoxy groups -OCH3 is 2. The highest BCUT2D eigenvalue weighted by atomic mass is 16.5. The number of amides is 4. The summed E-state index contributed by atoms with van der Waals surface area (Å²) in [5.74, 6) is 1.77. The van der Waals surface area contributed by atoms with Crippen LogP contribution >= 0.6 is 0 Å². The van der Waals surface area contributed by atoms with E-state index >= 15 is 0 Å². The van der Waals surface area contributed by atoms with Crippen molar-refractivity contribution in [3.05, 3.63) is 101 Å². The van der Waals surface area contributed by atoms with Gasteiger partial charge in [0, 0.05) is 29.9 Å². The van der Waals surface area contributed by atoms with Gasteiger partial charge in [-0.2, -0.15) is 0 Å². The maximum Gasteiger partial charge on any atom is 0.407 e. The van der Waals surface area contributed by atoms with Crippen LogP contribution in [0.2, 0.25) is 0 Å². The second kappa shape index (κ2) is 17.6. The topological polar surface area (TPSA) is 184 Å². The van der Waals surface area contributed by atoms with Crippen LogP contribution in [0.25, 0.3) is 33.6 Å². The largest absolute Gasteiger partial charge is 0.488 e. The Hall–Kier alpha value is -6.64. The Labute approximate surface area is 367 Å². The molecule has 1 aliphatic carbocycles. The predicted octanol–water partition coefficient (Wildman–Crippen LogP) is 7.96. The number of aryl methyl sites for hydroxylation is 2. The molecule has 0 saturated carbocycles. The van der Waals surface area contributed by atoms with Crippen LogP contribution in [0.5, 0.6) is 5.75 Å². The molecule has 0 radical (unpaired) electrons. The van der Waals surface area contributed by atoms with Crippen molar-refractivity contribution in [2.75, 3.05) is 27.3 Å². The molecule has 4 N–H and O–H groups in total. The van der Waals surface area contributed by atoms with E-state index in [1.54, 1.807) is 11.1 Å². The zero-order chi connectivity index (χ0) is 44.6. The molecular weight excluding hydrogens is 801 g/mol. The van der Waals surface area contributed by atoms with Crippen LogP contribution < -0.4 is 15.4 Å². The normalized spacial score (nSPS) is 16.6. The van der Waals surface area contributed by atoms with E-state index in [-0.39, 0.29) is 17.9 Å². The lowest BCUT2D eigenvalue weighted by atomic mass is 9.85. The number of hydrogen-bond donors (Lipinski definition) is 4. The molecule has 4 heterocycles. The lowest BCUT2D eigenvalue weighted by molar-refractivity contribution is -0.137. The van der Waals surface area contributed by atoms with Crippen molar-refractivity contribution in [2.45, 2.75) is 97.5 Å². The third kappa shape index (κ3) is 8.48. The molecule has 5 aromatic rings. The highest BCUT2D eigenvalue weighted by molar-refractivity contribution is 5.88. The van der Waals surface area contributed by atoms with E-state index in [4.69, 9.17) is 24.2 Å². The molecule has 2 aromatic heterocycles. The number of aromatic nitrogens is 4. The average molecular weight is 857 g/mol. The molecule has 15 nitrogen and oxygen atoms in total. The van der Waals surface area contributed by atoms with Gasteiger partial charge in [0.1, 0.15) is 36.1 Å². The second-order valence-electron chi connectivity index (χ2n) is 17.6. The highest BCUT2D eigenvalue weighted by Gasteiger charge is 2.42. The van der Waals surface area contributed by atoms with E-state index < -0.39 is 35.7 Å². The maximum absolute atomic E-state index is 14.1. The van der Waals surface area contributed by atoms with Crippen molar-refractivity contribution in [2.24, 2.45) is 5.41 Å². The summed E-state index contributed by atoms with van der Waals surface area (Å²) >= 11 is 0. The minimum absolute atomic E-state index is 0.147. The van der Waals surface area contributed by atoms with Crippen LogP contribution in [0.15, 0.2) is 66.9 Å². The molecule has 0 unspecified atom stereocenters. The van der Waals surface area contributed by atoms with E-state index in [2.05, 4.69) is 50.9 Å². The van der Waals surface area contributed by atoms with Gasteiger partial charge in [0.2, 0.25) is 5.91 Å². The number of imidazole rings is 2. The quantitative estimate of drug-likeness (QED) is 0.102. The highest BCUT2D eigenvalue weighted by Crippen LogP contribution is 2.45. The third-order valence-electron chi connectivity index (χ3n) is 12.4. The Kier molecular flexibility index (Phi) is 12.0. The van der Waals surface area contributed by atoms with Crippen molar-refractivity contribution >= 4 is 24.0 Å². The predicted molar refractivity (Wildman–Crippen MR) is 236 cm³/mol. The number of alkyl carbamates (subject to hydrolysis) is 2. The number of carbonyl (C=O) groups is 4. The fourth-order valence-corrected chi connectivity index (χ4v) is 9.09. The molecular formula is C48H56N8O7. The van der Waals surface area contributed by atoms with Crippen molar-refractivity contribution in [3.8, 4) is 39.4 Å². The molecule has 1 fully saturated rings. The zero-order valence-electron chi connectivity index (χ0n) is 37.0. The zero-order valence-corrected chi connectivity index (χ0v) is 37.0. The smallest absolute Gasteiger partial charge is 0.407 e. The molecule has 3 aliphatic rings. The van der Waals surface area contributed by atoms with Crippen LogP contribution in [-0.4, -0.2) is 87.1 Å². The minimum Gasteiger partial charge on any atom is -0.488 e. The van der Waals surface area contributed by atoms with E-state index in [0.717, 1.165) is 82.2 Å². The van der Waals surface area contributed by atoms with Crippen LogP contribution in [0.3, 0.4) is 0 Å². The third-order valence-corrected chi connectivity index (χ3v) is 12.4. The van der Waals surface area contributed by atoms with Crippen LogP contribution in [0.1, 0.15) is 106 Å². The number of carbonyl (C=O) groups excluding carboxylic acids is 4. The van der Waals surface area contributed by atoms with Crippen LogP contribution in [0.4, 0.5) is 9.59 Å². The van der Waals surface area contributed by atoms with Gasteiger partial charge in [-0.3, -0.25) is 9.59 Å². The van der Waals surface area contributed by atoms with E-state index in [9.17, 15) is 19.2 Å². The van der Waals surface area contributed by atoms with Crippen molar-refractivity contribution in [3.63, 3.8) is 0 Å². The van der Waals surface area contributed by atoms with E-state index in [1.807, 2.05) is 69.9 Å². The molecule has 4 atom stereocenters. The molecule has 4 amide bonds. The molecule has 1 saturated heterocycles. The number of H-pyrrole nitrogens is 2. The first-order valence-electron chi connectivity index (χ1n) is 21.7. The standard InChI is InChI=1S/C48H56N8O7/c1-8-20-55(44(57)39(53-46(59)61-6)28-13-10-9-11-14-28)27(2)42-49-25-36(51-42)30-16-18-32-31(22-30)26-63-38-24-33-29(23-34(32)38)17-19-35-40(33)52-43(50-35)37-15-12-21-56(37)45(58)41(48(3,4)5)54-47(60)62-7/h9-11,13-14,16,18,22-25,27,37,39,41H,8,12,15,17,19-21,26H2,1-7H3,(H,49,51)(H,50,52)(H,53,59)(H,54,60)/t27-,37-,39+,41+/m0/s1. The first-order chi connectivity index (χ1) is 30.3. The molecule has 15 heteroatoms. The van der Waals surface area contributed by atoms with Gasteiger partial charge in [-0.05, 0) is 90.5 Å². The van der Waals surface area contributed by atoms with Gasteiger partial charge in [0.15, 0.2) is 0 Å². The average Bonchev–Trinajstić information content (AvgIpc) is 4.08. The molecule has 0 spiro atoms. The van der Waals surface area contributed by atoms with Crippen molar-refractivity contribution in [1.82, 2.24) is 40.4 Å². The first-order valence-corrected chi connectivity index (χ1v) is 21.7. The summed E-state index contributed by atoms with van der Waals surface area (Å²) in [5.41, 5.74) is 9.20. The number of likely N-dealkylation sites (tertiary alicyclic amines) is 1. The van der Waals surface area contributed by atoms with E-state index in [0.29, 0.717) is 37.5 Å². The van der Waals surface area contributed by atoms with Gasteiger partial charge in [-0.1, -0.05) is 70.2 Å². The summed E-state index contributed by atoms with van der Waals surface area (Å²) in [7, 11) is 2.57. The molecule has 2 aliphatic heterocycles. The summed E-state index contributed by atoms with van der Waals surface area (Å²) in [5, 5.41) is 5.49. The molecule has 8 rings (SSSR count). The van der Waals surface area contributed by atoms with E-state index in [1.165, 1.54) is 19.8 Å². The number of nitrogens with zero attached hydrogens (tertiary/aromatic N) is 4. The fraction of sp³-hybridized carbons (Fsp3) is 0.417. The Balaban J connectivity index is 1.01. The number of rotatable bonds is 11. The number of hydrogen-bond acceptors (Lipinski definition) is 9. The molecule has 3 aromatic carbocycles. The van der Waals surface area contributed by atoms with Gasteiger partial charge in [0.25, 0.3) is 5.91 Å². The Bertz CT molecular complexity index is 2520. The summed E-state index contributed by atoms with van der Waals surface area (Å²) in [4.78, 5) is 73.2. The lowest BCUT2D eigenvalue weighted by Crippen LogP contribution is -2.54. The van der Waals surface area contributed by atoms with Gasteiger partial charge < -0.3 is 44.6 Å². The van der Waals surface area contributed by atoms with Gasteiger partial charge >= 0.3 is 12.2 Å². The molecule has 63 heavy (non-hydrogen) atoms. The number of benzene rings is 3. The number of aromatic amines is 2. The first kappa shape index (κ1) is 43.0. The fourth-order valence-electron chi connectivity index (χ4n) is 9.09. The van der Waals surface area contributed by atoms with Crippen molar-refractivity contribution in [1.29, 1.82) is 0 Å². The van der Waals surface area contributed by atoms with Crippen LogP contribution in [0, 0.1) is 5.41 Å². The maximum atomic E-state index is 14.1. The summed E-state index contributed by atoms with van der Waals surface area (Å²) in [6, 6.07) is 17.5. The Morgan fingerprint density at radius 3 is 2.43 bits per heavy atom. The summed E-state index contributed by atoms with van der Waals surface area (Å²) in [6.07, 6.45) is 4.39. The summed E-state index contributed by atoms with van der Waals surface area (Å²) in [6.45, 7) is 11.2. The van der Waals surface area contributed by atoms with Gasteiger partial charge in [-0.15, -0.1) is 0 Å². The Morgan fingerprint density at radius 1 is 0.937 bits per heavy atom. The SMILES string of the molecule is CCCN(C(=O)[C@H](NC(=O)OC)c1ccccc1)[C@@H](C)c1ncc(-c2ccc3c(c2)COc2cc4c(cc2-3)CCc2[nH]c([C@@H]3CCCN3C(=O)[C@@H](NC(=O)OC)C(C)(C)C)nc2-4)[nH]1. The molecule has 330 valence electrons. The number of nitrogens with one attached hydrogen (secondary N) is 4. The Morgan fingerprint density at radius 2 is 1.70 bits per heavy atom. The molecule has 0 bridgehead atoms. The minimum atomic E-state index is -0.930.